The molecule has 2 aromatic carbocycles. The zero-order valence-corrected chi connectivity index (χ0v) is 14.5. The molecule has 0 aliphatic heterocycles. The number of rotatable bonds is 5. The molecule has 3 aromatic rings. The predicted molar refractivity (Wildman–Crippen MR) is 92.8 cm³/mol. The number of ether oxygens (including phenoxy) is 2. The van der Waals surface area contributed by atoms with Crippen LogP contribution in [0.4, 0.5) is 14.5 Å². The molecule has 0 unspecified atom stereocenters. The first-order valence-electron chi connectivity index (χ1n) is 7.88. The molecule has 140 valence electrons. The molecule has 0 radical (unpaired) electrons. The number of amides is 1. The van der Waals surface area contributed by atoms with Crippen LogP contribution in [-0.2, 0) is 9.53 Å². The molecule has 0 fully saturated rings. The Labute approximate surface area is 152 Å². The summed E-state index contributed by atoms with van der Waals surface area (Å²) in [6, 6.07) is 7.67. The van der Waals surface area contributed by atoms with Gasteiger partial charge in [-0.1, -0.05) is 0 Å². The highest BCUT2D eigenvalue weighted by Crippen LogP contribution is 2.29. The Kier molecular flexibility index (Phi) is 5.07. The Morgan fingerprint density at radius 2 is 1.93 bits per heavy atom. The van der Waals surface area contributed by atoms with E-state index >= 15 is 0 Å². The number of carbonyl (C=O) groups excluding carboxylic acids is 2. The first-order valence-corrected chi connectivity index (χ1v) is 7.88. The first kappa shape index (κ1) is 18.4. The smallest absolute Gasteiger partial charge is 0.375 e. The van der Waals surface area contributed by atoms with Crippen LogP contribution in [0, 0.1) is 18.6 Å². The fourth-order valence-corrected chi connectivity index (χ4v) is 2.50. The average molecular weight is 375 g/mol. The zero-order chi connectivity index (χ0) is 19.6. The van der Waals surface area contributed by atoms with Gasteiger partial charge in [-0.3, -0.25) is 4.79 Å². The summed E-state index contributed by atoms with van der Waals surface area (Å²) in [5.74, 6) is -2.64. The molecule has 3 rings (SSSR count). The molecule has 6 nitrogen and oxygen atoms in total. The average Bonchev–Trinajstić information content (AvgIpc) is 2.99. The summed E-state index contributed by atoms with van der Waals surface area (Å²) in [6.07, 6.45) is 0. The van der Waals surface area contributed by atoms with Gasteiger partial charge in [0, 0.05) is 17.0 Å². The number of benzene rings is 2. The van der Waals surface area contributed by atoms with Crippen LogP contribution >= 0.6 is 0 Å². The number of fused-ring (bicyclic) bond motifs is 1. The molecule has 0 atom stereocenters. The fourth-order valence-electron chi connectivity index (χ4n) is 2.50. The minimum absolute atomic E-state index is 0.0528. The Hall–Kier alpha value is -3.42. The highest BCUT2D eigenvalue weighted by atomic mass is 19.1. The maximum Gasteiger partial charge on any atom is 0.375 e. The van der Waals surface area contributed by atoms with Crippen LogP contribution in [0.3, 0.4) is 0 Å². The van der Waals surface area contributed by atoms with Crippen LogP contribution in [0.1, 0.15) is 16.1 Å². The van der Waals surface area contributed by atoms with E-state index in [2.05, 4.69) is 5.32 Å². The van der Waals surface area contributed by atoms with Crippen LogP contribution in [0.25, 0.3) is 11.0 Å². The van der Waals surface area contributed by atoms with Crippen molar-refractivity contribution in [3.05, 3.63) is 59.4 Å². The van der Waals surface area contributed by atoms with Crippen molar-refractivity contribution < 1.29 is 32.3 Å². The largest absolute Gasteiger partial charge is 0.497 e. The van der Waals surface area contributed by atoms with E-state index in [-0.39, 0.29) is 11.4 Å². The molecule has 0 aliphatic carbocycles. The summed E-state index contributed by atoms with van der Waals surface area (Å²) in [6.45, 7) is 0.985. The van der Waals surface area contributed by atoms with Crippen LogP contribution in [0.15, 0.2) is 40.8 Å². The van der Waals surface area contributed by atoms with Crippen LogP contribution in [0.2, 0.25) is 0 Å². The van der Waals surface area contributed by atoms with Crippen molar-refractivity contribution in [3.63, 3.8) is 0 Å². The highest BCUT2D eigenvalue weighted by molar-refractivity contribution is 5.98. The molecule has 0 saturated carbocycles. The molecule has 1 aromatic heterocycles. The topological polar surface area (TPSA) is 77.8 Å². The molecule has 1 amide bonds. The second kappa shape index (κ2) is 7.45. The lowest BCUT2D eigenvalue weighted by atomic mass is 10.1. The second-order valence-electron chi connectivity index (χ2n) is 5.67. The highest BCUT2D eigenvalue weighted by Gasteiger charge is 2.20. The summed E-state index contributed by atoms with van der Waals surface area (Å²) in [7, 11) is 1.52. The molecule has 0 spiro atoms. The van der Waals surface area contributed by atoms with Gasteiger partial charge < -0.3 is 19.2 Å². The van der Waals surface area contributed by atoms with Crippen LogP contribution in [-0.4, -0.2) is 25.6 Å². The summed E-state index contributed by atoms with van der Waals surface area (Å²) < 4.78 is 42.1. The number of halogens is 2. The van der Waals surface area contributed by atoms with E-state index in [4.69, 9.17) is 13.9 Å². The lowest BCUT2D eigenvalue weighted by Crippen LogP contribution is -2.21. The lowest BCUT2D eigenvalue weighted by molar-refractivity contribution is -0.119. The Morgan fingerprint density at radius 1 is 1.15 bits per heavy atom. The van der Waals surface area contributed by atoms with Crippen LogP contribution in [0.5, 0.6) is 5.75 Å². The van der Waals surface area contributed by atoms with Crippen molar-refractivity contribution in [2.45, 2.75) is 6.92 Å². The summed E-state index contributed by atoms with van der Waals surface area (Å²) in [4.78, 5) is 24.0. The van der Waals surface area contributed by atoms with Crippen molar-refractivity contribution in [1.29, 1.82) is 0 Å². The van der Waals surface area contributed by atoms with Crippen molar-refractivity contribution >= 4 is 28.5 Å². The van der Waals surface area contributed by atoms with Gasteiger partial charge in [0.15, 0.2) is 6.61 Å². The zero-order valence-electron chi connectivity index (χ0n) is 14.5. The minimum atomic E-state index is -0.850. The third kappa shape index (κ3) is 3.89. The van der Waals surface area contributed by atoms with Crippen molar-refractivity contribution in [1.82, 2.24) is 0 Å². The van der Waals surface area contributed by atoms with E-state index in [0.29, 0.717) is 22.3 Å². The van der Waals surface area contributed by atoms with Crippen LogP contribution < -0.4 is 10.1 Å². The van der Waals surface area contributed by atoms with Crippen molar-refractivity contribution in [3.8, 4) is 5.75 Å². The molecule has 0 aliphatic rings. The minimum Gasteiger partial charge on any atom is -0.497 e. The number of methoxy groups -OCH3 is 1. The molecule has 0 bridgehead atoms. The van der Waals surface area contributed by atoms with E-state index < -0.39 is 30.1 Å². The van der Waals surface area contributed by atoms with Gasteiger partial charge in [0.1, 0.15) is 23.0 Å². The maximum atomic E-state index is 13.5. The molecule has 8 heteroatoms. The Morgan fingerprint density at radius 3 is 2.67 bits per heavy atom. The number of esters is 1. The van der Waals surface area contributed by atoms with Gasteiger partial charge in [-0.25, -0.2) is 13.6 Å². The Bertz CT molecular complexity index is 1030. The fraction of sp³-hybridized carbons (Fsp3) is 0.158. The summed E-state index contributed by atoms with van der Waals surface area (Å²) in [5, 5.41) is 2.81. The molecule has 1 heterocycles. The molecular formula is C19H15F2NO5. The van der Waals surface area contributed by atoms with Gasteiger partial charge in [0.25, 0.3) is 5.91 Å². The van der Waals surface area contributed by atoms with Gasteiger partial charge in [-0.2, -0.15) is 0 Å². The first-order chi connectivity index (χ1) is 12.9. The number of hydrogen-bond acceptors (Lipinski definition) is 5. The van der Waals surface area contributed by atoms with Crippen molar-refractivity contribution in [2.75, 3.05) is 19.0 Å². The van der Waals surface area contributed by atoms with Gasteiger partial charge >= 0.3 is 5.97 Å². The van der Waals surface area contributed by atoms with Gasteiger partial charge in [0.2, 0.25) is 5.76 Å². The molecule has 0 saturated heterocycles. The van der Waals surface area contributed by atoms with E-state index in [9.17, 15) is 18.4 Å². The monoisotopic (exact) mass is 375 g/mol. The predicted octanol–water partition coefficient (Wildman–Crippen LogP) is 3.82. The number of nitrogens with one attached hydrogen (secondary N) is 1. The van der Waals surface area contributed by atoms with E-state index in [1.165, 1.54) is 7.11 Å². The maximum absolute atomic E-state index is 13.5. The molecular weight excluding hydrogens is 360 g/mol. The normalized spacial score (nSPS) is 10.7. The van der Waals surface area contributed by atoms with Crippen molar-refractivity contribution in [2.24, 2.45) is 0 Å². The van der Waals surface area contributed by atoms with Gasteiger partial charge in [0.05, 0.1) is 12.8 Å². The number of furan rings is 1. The van der Waals surface area contributed by atoms with E-state index in [0.717, 1.165) is 18.2 Å². The van der Waals surface area contributed by atoms with E-state index in [1.807, 2.05) is 0 Å². The quantitative estimate of drug-likeness (QED) is 0.686. The molecule has 1 N–H and O–H groups in total. The van der Waals surface area contributed by atoms with E-state index in [1.54, 1.807) is 25.1 Å². The number of carbonyl (C=O) groups is 2. The number of anilines is 1. The standard InChI is InChI=1S/C19H15F2NO5/c1-10-13-8-12(25-2)4-6-16(13)27-18(10)19(24)26-9-17(23)22-15-7-11(20)3-5-14(15)21/h3-8H,9H2,1-2H3,(H,22,23). The van der Waals surface area contributed by atoms with Gasteiger partial charge in [-0.05, 0) is 37.3 Å². The summed E-state index contributed by atoms with van der Waals surface area (Å²) in [5.41, 5.74) is 0.653. The lowest BCUT2D eigenvalue weighted by Gasteiger charge is -2.07. The SMILES string of the molecule is COc1ccc2oc(C(=O)OCC(=O)Nc3cc(F)ccc3F)c(C)c2c1. The third-order valence-corrected chi connectivity index (χ3v) is 3.87. The third-order valence-electron chi connectivity index (χ3n) is 3.87. The molecule has 27 heavy (non-hydrogen) atoms. The Balaban J connectivity index is 1.68. The number of hydrogen-bond donors (Lipinski definition) is 1. The second-order valence-corrected chi connectivity index (χ2v) is 5.67. The van der Waals surface area contributed by atoms with Gasteiger partial charge in [-0.15, -0.1) is 0 Å². The number of aryl methyl sites for hydroxylation is 1. The summed E-state index contributed by atoms with van der Waals surface area (Å²) >= 11 is 0.